The van der Waals surface area contributed by atoms with E-state index in [0.717, 1.165) is 28.3 Å². The largest absolute Gasteiger partial charge is 0.497 e. The van der Waals surface area contributed by atoms with Gasteiger partial charge in [0, 0.05) is 11.6 Å². The van der Waals surface area contributed by atoms with Gasteiger partial charge in [-0.15, -0.1) is 11.3 Å². The molecule has 152 valence electrons. The molecule has 0 bridgehead atoms. The van der Waals surface area contributed by atoms with E-state index in [1.54, 1.807) is 18.2 Å². The molecule has 0 aliphatic heterocycles. The second-order valence-electron chi connectivity index (χ2n) is 7.65. The van der Waals surface area contributed by atoms with Crippen LogP contribution in [0.3, 0.4) is 0 Å². The molecule has 0 aliphatic rings. The summed E-state index contributed by atoms with van der Waals surface area (Å²) in [5.41, 5.74) is 2.96. The first kappa shape index (κ1) is 20.8. The number of rotatable bonds is 5. The first-order chi connectivity index (χ1) is 13.7. The highest BCUT2D eigenvalue weighted by molar-refractivity contribution is 7.14. The Hall–Kier alpha value is -2.93. The SMILES string of the molecule is COc1ccc(CN(C(=O)OC(C)(C)C)c2nc(-c3cc(C)ccn3)cs2)cc1. The van der Waals surface area contributed by atoms with Crippen molar-refractivity contribution < 1.29 is 14.3 Å². The van der Waals surface area contributed by atoms with Crippen LogP contribution >= 0.6 is 11.3 Å². The molecular formula is C22H25N3O3S. The molecule has 0 saturated carbocycles. The predicted octanol–water partition coefficient (Wildman–Crippen LogP) is 5.46. The summed E-state index contributed by atoms with van der Waals surface area (Å²) in [5, 5.41) is 2.47. The molecule has 3 aromatic rings. The minimum Gasteiger partial charge on any atom is -0.497 e. The minimum atomic E-state index is -0.604. The van der Waals surface area contributed by atoms with E-state index in [2.05, 4.69) is 9.97 Å². The lowest BCUT2D eigenvalue weighted by Gasteiger charge is -2.26. The summed E-state index contributed by atoms with van der Waals surface area (Å²) >= 11 is 1.39. The van der Waals surface area contributed by atoms with Gasteiger partial charge in [0.25, 0.3) is 0 Å². The van der Waals surface area contributed by atoms with Crippen molar-refractivity contribution in [3.05, 3.63) is 59.1 Å². The van der Waals surface area contributed by atoms with E-state index in [1.165, 1.54) is 11.3 Å². The molecule has 3 rings (SSSR count). The van der Waals surface area contributed by atoms with Crippen LogP contribution in [0.5, 0.6) is 5.75 Å². The van der Waals surface area contributed by atoms with E-state index >= 15 is 0 Å². The smallest absolute Gasteiger partial charge is 0.416 e. The number of hydrogen-bond donors (Lipinski definition) is 0. The Kier molecular flexibility index (Phi) is 6.17. The van der Waals surface area contributed by atoms with E-state index in [0.29, 0.717) is 11.7 Å². The number of carbonyl (C=O) groups excluding carboxylic acids is 1. The molecule has 29 heavy (non-hydrogen) atoms. The number of ether oxygens (including phenoxy) is 2. The Morgan fingerprint density at radius 1 is 1.14 bits per heavy atom. The summed E-state index contributed by atoms with van der Waals surface area (Å²) in [6, 6.07) is 11.5. The lowest BCUT2D eigenvalue weighted by atomic mass is 10.2. The second kappa shape index (κ2) is 8.61. The van der Waals surface area contributed by atoms with Gasteiger partial charge in [-0.2, -0.15) is 0 Å². The van der Waals surface area contributed by atoms with Gasteiger partial charge in [0.15, 0.2) is 5.13 Å². The molecule has 2 aromatic heterocycles. The number of carbonyl (C=O) groups is 1. The molecule has 0 atom stereocenters. The molecule has 0 spiro atoms. The zero-order chi connectivity index (χ0) is 21.0. The summed E-state index contributed by atoms with van der Waals surface area (Å²) in [6.45, 7) is 7.89. The molecule has 6 nitrogen and oxygen atoms in total. The number of methoxy groups -OCH3 is 1. The van der Waals surface area contributed by atoms with E-state index in [-0.39, 0.29) is 0 Å². The number of amides is 1. The molecule has 0 radical (unpaired) electrons. The molecule has 1 aromatic carbocycles. The molecule has 2 heterocycles. The quantitative estimate of drug-likeness (QED) is 0.557. The van der Waals surface area contributed by atoms with Crippen LogP contribution in [-0.4, -0.2) is 28.8 Å². The van der Waals surface area contributed by atoms with Crippen molar-refractivity contribution in [1.82, 2.24) is 9.97 Å². The maximum absolute atomic E-state index is 12.9. The van der Waals surface area contributed by atoms with Gasteiger partial charge in [-0.1, -0.05) is 12.1 Å². The Balaban J connectivity index is 1.91. The topological polar surface area (TPSA) is 64.5 Å². The first-order valence-corrected chi connectivity index (χ1v) is 10.1. The van der Waals surface area contributed by atoms with Crippen molar-refractivity contribution in [2.45, 2.75) is 39.8 Å². The Bertz CT molecular complexity index is 977. The summed E-state index contributed by atoms with van der Waals surface area (Å²) in [5.74, 6) is 0.764. The van der Waals surface area contributed by atoms with Crippen molar-refractivity contribution in [3.63, 3.8) is 0 Å². The number of thiazole rings is 1. The van der Waals surface area contributed by atoms with Gasteiger partial charge >= 0.3 is 6.09 Å². The number of aromatic nitrogens is 2. The molecule has 7 heteroatoms. The minimum absolute atomic E-state index is 0.340. The highest BCUT2D eigenvalue weighted by Crippen LogP contribution is 2.29. The van der Waals surface area contributed by atoms with Gasteiger partial charge < -0.3 is 9.47 Å². The van der Waals surface area contributed by atoms with E-state index < -0.39 is 11.7 Å². The molecule has 0 N–H and O–H groups in total. The van der Waals surface area contributed by atoms with Crippen LogP contribution in [0, 0.1) is 6.92 Å². The van der Waals surface area contributed by atoms with Gasteiger partial charge in [-0.25, -0.2) is 14.7 Å². The van der Waals surface area contributed by atoms with E-state index in [4.69, 9.17) is 9.47 Å². The van der Waals surface area contributed by atoms with Crippen molar-refractivity contribution in [3.8, 4) is 17.1 Å². The third-order valence-corrected chi connectivity index (χ3v) is 4.88. The van der Waals surface area contributed by atoms with Crippen molar-refractivity contribution in [2.75, 3.05) is 12.0 Å². The molecule has 0 fully saturated rings. The predicted molar refractivity (Wildman–Crippen MR) is 115 cm³/mol. The van der Waals surface area contributed by atoms with Crippen LogP contribution in [0.25, 0.3) is 11.4 Å². The average molecular weight is 412 g/mol. The normalized spacial score (nSPS) is 11.2. The lowest BCUT2D eigenvalue weighted by Crippen LogP contribution is -2.36. The fraction of sp³-hybridized carbons (Fsp3) is 0.318. The number of anilines is 1. The molecule has 0 unspecified atom stereocenters. The second-order valence-corrected chi connectivity index (χ2v) is 8.48. The van der Waals surface area contributed by atoms with Crippen LogP contribution in [0.2, 0.25) is 0 Å². The molecule has 1 amide bonds. The van der Waals surface area contributed by atoms with Gasteiger partial charge in [0.2, 0.25) is 0 Å². The fourth-order valence-electron chi connectivity index (χ4n) is 2.62. The molecular weight excluding hydrogens is 386 g/mol. The van der Waals surface area contributed by atoms with Gasteiger partial charge in [0.1, 0.15) is 17.0 Å². The summed E-state index contributed by atoms with van der Waals surface area (Å²) in [7, 11) is 1.62. The number of aryl methyl sites for hydroxylation is 1. The Morgan fingerprint density at radius 2 is 1.86 bits per heavy atom. The summed E-state index contributed by atoms with van der Waals surface area (Å²) in [4.78, 5) is 23.5. The van der Waals surface area contributed by atoms with E-state index in [9.17, 15) is 4.79 Å². The van der Waals surface area contributed by atoms with Gasteiger partial charge in [-0.3, -0.25) is 4.98 Å². The fourth-order valence-corrected chi connectivity index (χ4v) is 3.43. The zero-order valence-corrected chi connectivity index (χ0v) is 18.1. The monoisotopic (exact) mass is 411 g/mol. The van der Waals surface area contributed by atoms with Gasteiger partial charge in [0.05, 0.1) is 19.3 Å². The third kappa shape index (κ3) is 5.54. The number of nitrogens with zero attached hydrogens (tertiary/aromatic N) is 3. The van der Waals surface area contributed by atoms with Crippen molar-refractivity contribution in [1.29, 1.82) is 0 Å². The Labute approximate surface area is 175 Å². The highest BCUT2D eigenvalue weighted by Gasteiger charge is 2.26. The van der Waals surface area contributed by atoms with Crippen LogP contribution < -0.4 is 9.64 Å². The highest BCUT2D eigenvalue weighted by atomic mass is 32.1. The lowest BCUT2D eigenvalue weighted by molar-refractivity contribution is 0.0577. The van der Waals surface area contributed by atoms with Crippen LogP contribution in [0.1, 0.15) is 31.9 Å². The summed E-state index contributed by atoms with van der Waals surface area (Å²) < 4.78 is 10.8. The molecule has 0 saturated heterocycles. The standard InChI is InChI=1S/C22H25N3O3S/c1-15-10-11-23-18(12-15)19-14-29-20(24-19)25(21(26)28-22(2,3)4)13-16-6-8-17(27-5)9-7-16/h6-12,14H,13H2,1-5H3. The summed E-state index contributed by atoms with van der Waals surface area (Å²) in [6.07, 6.45) is 1.32. The van der Waals surface area contributed by atoms with Crippen molar-refractivity contribution >= 4 is 22.6 Å². The number of hydrogen-bond acceptors (Lipinski definition) is 6. The van der Waals surface area contributed by atoms with Gasteiger partial charge in [-0.05, 0) is 63.1 Å². The maximum atomic E-state index is 12.9. The van der Waals surface area contributed by atoms with Crippen molar-refractivity contribution in [2.24, 2.45) is 0 Å². The van der Waals surface area contributed by atoms with E-state index in [1.807, 2.05) is 69.5 Å². The maximum Gasteiger partial charge on any atom is 0.416 e. The average Bonchev–Trinajstić information content (AvgIpc) is 3.15. The number of pyridine rings is 1. The Morgan fingerprint density at radius 3 is 2.48 bits per heavy atom. The van der Waals surface area contributed by atoms with Crippen LogP contribution in [0.15, 0.2) is 48.0 Å². The first-order valence-electron chi connectivity index (χ1n) is 9.27. The third-order valence-electron chi connectivity index (χ3n) is 4.01. The zero-order valence-electron chi connectivity index (χ0n) is 17.3. The molecule has 0 aliphatic carbocycles. The van der Waals surface area contributed by atoms with Crippen LogP contribution in [-0.2, 0) is 11.3 Å². The van der Waals surface area contributed by atoms with Crippen LogP contribution in [0.4, 0.5) is 9.93 Å². The number of benzene rings is 1.